The van der Waals surface area contributed by atoms with Gasteiger partial charge in [0.1, 0.15) is 0 Å². The smallest absolute Gasteiger partial charge is 0.0319 e. The molecule has 1 rings (SSSR count). The van der Waals surface area contributed by atoms with Crippen molar-refractivity contribution in [1.82, 2.24) is 5.32 Å². The highest BCUT2D eigenvalue weighted by Crippen LogP contribution is 2.18. The number of aryl methyl sites for hydroxylation is 1. The maximum atomic E-state index is 3.57. The summed E-state index contributed by atoms with van der Waals surface area (Å²) >= 11 is 0. The van der Waals surface area contributed by atoms with Crippen LogP contribution < -0.4 is 5.32 Å². The Kier molecular flexibility index (Phi) is 4.15. The first-order valence-electron chi connectivity index (χ1n) is 5.46. The van der Waals surface area contributed by atoms with E-state index in [1.54, 1.807) is 0 Å². The van der Waals surface area contributed by atoms with Gasteiger partial charge >= 0.3 is 0 Å². The normalized spacial score (nSPS) is 13.2. The summed E-state index contributed by atoms with van der Waals surface area (Å²) in [5.74, 6) is 0. The number of benzene rings is 1. The van der Waals surface area contributed by atoms with E-state index in [0.717, 1.165) is 6.42 Å². The van der Waals surface area contributed by atoms with Crippen LogP contribution in [0.1, 0.15) is 44.4 Å². The van der Waals surface area contributed by atoms with Gasteiger partial charge < -0.3 is 5.32 Å². The van der Waals surface area contributed by atoms with Crippen molar-refractivity contribution >= 4 is 0 Å². The van der Waals surface area contributed by atoms with Crippen molar-refractivity contribution in [3.05, 3.63) is 35.4 Å². The monoisotopic (exact) mass is 191 g/mol. The predicted octanol–water partition coefficient (Wildman–Crippen LogP) is 3.44. The average molecular weight is 191 g/mol. The van der Waals surface area contributed by atoms with E-state index in [0.29, 0.717) is 12.1 Å². The summed E-state index contributed by atoms with van der Waals surface area (Å²) in [7, 11) is 0. The lowest BCUT2D eigenvalue weighted by Gasteiger charge is -2.20. The van der Waals surface area contributed by atoms with Gasteiger partial charge in [0.05, 0.1) is 0 Å². The van der Waals surface area contributed by atoms with Crippen LogP contribution in [0.3, 0.4) is 0 Å². The summed E-state index contributed by atoms with van der Waals surface area (Å²) in [6.45, 7) is 8.75. The summed E-state index contributed by atoms with van der Waals surface area (Å²) in [6.07, 6.45) is 1.14. The van der Waals surface area contributed by atoms with E-state index >= 15 is 0 Å². The summed E-state index contributed by atoms with van der Waals surface area (Å²) in [5, 5.41) is 3.57. The molecule has 0 fully saturated rings. The molecular weight excluding hydrogens is 170 g/mol. The van der Waals surface area contributed by atoms with Gasteiger partial charge in [0.15, 0.2) is 0 Å². The lowest BCUT2D eigenvalue weighted by atomic mass is 10.0. The van der Waals surface area contributed by atoms with Gasteiger partial charge in [-0.05, 0) is 18.9 Å². The number of nitrogens with one attached hydrogen (secondary N) is 1. The van der Waals surface area contributed by atoms with Gasteiger partial charge in [-0.1, -0.05) is 50.6 Å². The Morgan fingerprint density at radius 3 is 2.50 bits per heavy atom. The van der Waals surface area contributed by atoms with Gasteiger partial charge in [0.25, 0.3) is 0 Å². The predicted molar refractivity (Wildman–Crippen MR) is 62.5 cm³/mol. The van der Waals surface area contributed by atoms with Crippen molar-refractivity contribution in [3.63, 3.8) is 0 Å². The number of rotatable bonds is 4. The van der Waals surface area contributed by atoms with Crippen molar-refractivity contribution in [3.8, 4) is 0 Å². The van der Waals surface area contributed by atoms with E-state index in [1.165, 1.54) is 11.1 Å². The quantitative estimate of drug-likeness (QED) is 0.768. The molecule has 1 N–H and O–H groups in total. The minimum absolute atomic E-state index is 0.495. The molecule has 0 saturated heterocycles. The van der Waals surface area contributed by atoms with Crippen LogP contribution in [-0.2, 0) is 0 Å². The van der Waals surface area contributed by atoms with Crippen LogP contribution in [0.5, 0.6) is 0 Å². The molecule has 1 aromatic rings. The average Bonchev–Trinajstić information content (AvgIpc) is 2.14. The van der Waals surface area contributed by atoms with Crippen molar-refractivity contribution in [1.29, 1.82) is 0 Å². The van der Waals surface area contributed by atoms with Gasteiger partial charge in [0.2, 0.25) is 0 Å². The Morgan fingerprint density at radius 1 is 1.29 bits per heavy atom. The molecule has 0 aromatic heterocycles. The summed E-state index contributed by atoms with van der Waals surface area (Å²) in [6, 6.07) is 9.79. The third kappa shape index (κ3) is 3.15. The largest absolute Gasteiger partial charge is 0.308 e. The SMILES string of the molecule is CCC(NC(C)C)c1cccc(C)c1. The van der Waals surface area contributed by atoms with Gasteiger partial charge in [-0.15, -0.1) is 0 Å². The number of hydrogen-bond donors (Lipinski definition) is 1. The van der Waals surface area contributed by atoms with Gasteiger partial charge in [0, 0.05) is 12.1 Å². The summed E-state index contributed by atoms with van der Waals surface area (Å²) < 4.78 is 0. The summed E-state index contributed by atoms with van der Waals surface area (Å²) in [5.41, 5.74) is 2.74. The van der Waals surface area contributed by atoms with Crippen LogP contribution in [0, 0.1) is 6.92 Å². The van der Waals surface area contributed by atoms with E-state index in [9.17, 15) is 0 Å². The van der Waals surface area contributed by atoms with E-state index < -0.39 is 0 Å². The van der Waals surface area contributed by atoms with E-state index in [1.807, 2.05) is 0 Å². The molecule has 0 spiro atoms. The molecule has 0 heterocycles. The summed E-state index contributed by atoms with van der Waals surface area (Å²) in [4.78, 5) is 0. The Morgan fingerprint density at radius 2 is 2.00 bits per heavy atom. The van der Waals surface area contributed by atoms with Crippen LogP contribution in [0.15, 0.2) is 24.3 Å². The molecule has 1 unspecified atom stereocenters. The van der Waals surface area contributed by atoms with Crippen LogP contribution >= 0.6 is 0 Å². The lowest BCUT2D eigenvalue weighted by Crippen LogP contribution is -2.27. The Labute approximate surface area is 87.5 Å². The highest BCUT2D eigenvalue weighted by molar-refractivity contribution is 5.25. The number of hydrogen-bond acceptors (Lipinski definition) is 1. The van der Waals surface area contributed by atoms with Crippen molar-refractivity contribution in [2.24, 2.45) is 0 Å². The molecule has 1 atom stereocenters. The van der Waals surface area contributed by atoms with Gasteiger partial charge in [-0.2, -0.15) is 0 Å². The molecule has 14 heavy (non-hydrogen) atoms. The van der Waals surface area contributed by atoms with Crippen LogP contribution in [0.2, 0.25) is 0 Å². The zero-order valence-corrected chi connectivity index (χ0v) is 9.67. The van der Waals surface area contributed by atoms with Crippen LogP contribution in [-0.4, -0.2) is 6.04 Å². The lowest BCUT2D eigenvalue weighted by molar-refractivity contribution is 0.466. The van der Waals surface area contributed by atoms with Crippen molar-refractivity contribution in [2.45, 2.75) is 46.2 Å². The minimum Gasteiger partial charge on any atom is -0.308 e. The van der Waals surface area contributed by atoms with E-state index in [-0.39, 0.29) is 0 Å². The topological polar surface area (TPSA) is 12.0 Å². The Bertz CT molecular complexity index is 278. The Hall–Kier alpha value is -0.820. The van der Waals surface area contributed by atoms with Gasteiger partial charge in [-0.25, -0.2) is 0 Å². The second-order valence-electron chi connectivity index (χ2n) is 4.20. The third-order valence-electron chi connectivity index (χ3n) is 2.39. The van der Waals surface area contributed by atoms with E-state index in [4.69, 9.17) is 0 Å². The molecule has 1 heteroatoms. The molecule has 0 aliphatic rings. The molecular formula is C13H21N. The molecule has 0 aliphatic heterocycles. The molecule has 0 amide bonds. The zero-order valence-electron chi connectivity index (χ0n) is 9.67. The molecule has 0 aliphatic carbocycles. The molecule has 0 bridgehead atoms. The van der Waals surface area contributed by atoms with Gasteiger partial charge in [-0.3, -0.25) is 0 Å². The molecule has 78 valence electrons. The maximum Gasteiger partial charge on any atom is 0.0319 e. The zero-order chi connectivity index (χ0) is 10.6. The van der Waals surface area contributed by atoms with Crippen molar-refractivity contribution < 1.29 is 0 Å². The van der Waals surface area contributed by atoms with Crippen LogP contribution in [0.4, 0.5) is 0 Å². The fraction of sp³-hybridized carbons (Fsp3) is 0.538. The first-order chi connectivity index (χ1) is 6.63. The molecule has 1 aromatic carbocycles. The third-order valence-corrected chi connectivity index (χ3v) is 2.39. The fourth-order valence-electron chi connectivity index (χ4n) is 1.74. The standard InChI is InChI=1S/C13H21N/c1-5-13(14-10(2)3)12-8-6-7-11(4)9-12/h6-10,13-14H,5H2,1-4H3. The highest BCUT2D eigenvalue weighted by Gasteiger charge is 2.09. The highest BCUT2D eigenvalue weighted by atomic mass is 14.9. The maximum absolute atomic E-state index is 3.57. The van der Waals surface area contributed by atoms with Crippen molar-refractivity contribution in [2.75, 3.05) is 0 Å². The first kappa shape index (κ1) is 11.3. The fourth-order valence-corrected chi connectivity index (χ4v) is 1.74. The second kappa shape index (κ2) is 5.16. The first-order valence-corrected chi connectivity index (χ1v) is 5.46. The minimum atomic E-state index is 0.495. The van der Waals surface area contributed by atoms with Crippen LogP contribution in [0.25, 0.3) is 0 Å². The molecule has 1 nitrogen and oxygen atoms in total. The van der Waals surface area contributed by atoms with E-state index in [2.05, 4.69) is 57.3 Å². The Balaban J connectivity index is 2.78. The molecule has 0 radical (unpaired) electrons. The second-order valence-corrected chi connectivity index (χ2v) is 4.20. The molecule has 0 saturated carbocycles.